The molecule has 1 aromatic rings. The fourth-order valence-electron chi connectivity index (χ4n) is 4.16. The summed E-state index contributed by atoms with van der Waals surface area (Å²) in [4.78, 5) is 23.2. The van der Waals surface area contributed by atoms with Crippen molar-refractivity contribution in [1.82, 2.24) is 10.6 Å². The number of carbonyl (C=O) groups is 2. The van der Waals surface area contributed by atoms with Crippen molar-refractivity contribution in [2.24, 2.45) is 5.92 Å². The Balaban J connectivity index is 1.36. The minimum atomic E-state index is -0.317. The van der Waals surface area contributed by atoms with Crippen molar-refractivity contribution >= 4 is 11.8 Å². The minimum Gasteiger partial charge on any atom is -0.354 e. The van der Waals surface area contributed by atoms with Gasteiger partial charge in [-0.05, 0) is 42.7 Å². The van der Waals surface area contributed by atoms with E-state index in [2.05, 4.69) is 34.9 Å². The molecule has 4 rings (SSSR count). The molecule has 21 heavy (non-hydrogen) atoms. The molecule has 2 amide bonds. The van der Waals surface area contributed by atoms with Gasteiger partial charge in [0.2, 0.25) is 11.8 Å². The predicted molar refractivity (Wildman–Crippen MR) is 78.7 cm³/mol. The van der Waals surface area contributed by atoms with E-state index in [0.717, 1.165) is 6.54 Å². The number of fused-ring (bicyclic) bond motifs is 2. The zero-order valence-corrected chi connectivity index (χ0v) is 12.0. The monoisotopic (exact) mass is 284 g/mol. The Bertz CT molecular complexity index is 613. The van der Waals surface area contributed by atoms with Gasteiger partial charge in [0.15, 0.2) is 0 Å². The minimum absolute atomic E-state index is 0.0113. The Kier molecular flexibility index (Phi) is 2.81. The molecule has 0 bridgehead atoms. The molecule has 4 nitrogen and oxygen atoms in total. The Labute approximate surface area is 124 Å². The second-order valence-electron chi connectivity index (χ2n) is 6.62. The molecule has 3 aliphatic rings. The van der Waals surface area contributed by atoms with E-state index in [1.165, 1.54) is 30.4 Å². The lowest BCUT2D eigenvalue weighted by molar-refractivity contribution is -0.125. The normalized spacial score (nSPS) is 32.9. The van der Waals surface area contributed by atoms with Crippen LogP contribution in [0.5, 0.6) is 0 Å². The second kappa shape index (κ2) is 4.58. The zero-order valence-electron chi connectivity index (χ0n) is 12.0. The molecule has 1 saturated carbocycles. The van der Waals surface area contributed by atoms with Crippen LogP contribution in [0.4, 0.5) is 0 Å². The topological polar surface area (TPSA) is 58.2 Å². The van der Waals surface area contributed by atoms with Gasteiger partial charge in [-0.25, -0.2) is 0 Å². The van der Waals surface area contributed by atoms with Gasteiger partial charge in [-0.3, -0.25) is 9.59 Å². The lowest BCUT2D eigenvalue weighted by Crippen LogP contribution is -2.42. The first-order valence-electron chi connectivity index (χ1n) is 7.84. The number of carbonyl (C=O) groups excluding carboxylic acids is 2. The molecule has 4 heteroatoms. The summed E-state index contributed by atoms with van der Waals surface area (Å²) in [6.45, 7) is 0.736. The SMILES string of the molecule is O=C1CC[C@H](C(=O)NC[C@@H]2C[C@@]23CCc2ccccc23)N1. The van der Waals surface area contributed by atoms with Gasteiger partial charge >= 0.3 is 0 Å². The van der Waals surface area contributed by atoms with E-state index in [4.69, 9.17) is 0 Å². The van der Waals surface area contributed by atoms with Crippen LogP contribution < -0.4 is 10.6 Å². The van der Waals surface area contributed by atoms with Crippen LogP contribution >= 0.6 is 0 Å². The molecule has 2 N–H and O–H groups in total. The third-order valence-corrected chi connectivity index (χ3v) is 5.46. The average molecular weight is 284 g/mol. The van der Waals surface area contributed by atoms with E-state index in [-0.39, 0.29) is 17.9 Å². The van der Waals surface area contributed by atoms with Crippen molar-refractivity contribution in [2.45, 2.75) is 43.6 Å². The Morgan fingerprint density at radius 1 is 1.33 bits per heavy atom. The lowest BCUT2D eigenvalue weighted by atomic mass is 9.95. The second-order valence-corrected chi connectivity index (χ2v) is 6.62. The van der Waals surface area contributed by atoms with E-state index in [1.807, 2.05) is 0 Å². The Morgan fingerprint density at radius 3 is 3.00 bits per heavy atom. The van der Waals surface area contributed by atoms with E-state index in [0.29, 0.717) is 24.2 Å². The highest BCUT2D eigenvalue weighted by Gasteiger charge is 2.57. The number of amides is 2. The first-order chi connectivity index (χ1) is 10.2. The van der Waals surface area contributed by atoms with Gasteiger partial charge in [0, 0.05) is 18.4 Å². The highest BCUT2D eigenvalue weighted by atomic mass is 16.2. The van der Waals surface area contributed by atoms with Crippen molar-refractivity contribution in [1.29, 1.82) is 0 Å². The molecule has 1 spiro atoms. The molecule has 0 aromatic heterocycles. The van der Waals surface area contributed by atoms with Crippen LogP contribution in [0.3, 0.4) is 0 Å². The van der Waals surface area contributed by atoms with Crippen molar-refractivity contribution in [3.05, 3.63) is 35.4 Å². The van der Waals surface area contributed by atoms with Gasteiger partial charge in [-0.2, -0.15) is 0 Å². The lowest BCUT2D eigenvalue weighted by Gasteiger charge is -2.14. The third kappa shape index (κ3) is 2.04. The summed E-state index contributed by atoms with van der Waals surface area (Å²) < 4.78 is 0. The molecular weight excluding hydrogens is 264 g/mol. The molecule has 110 valence electrons. The number of nitrogens with one attached hydrogen (secondary N) is 2. The Morgan fingerprint density at radius 2 is 2.19 bits per heavy atom. The van der Waals surface area contributed by atoms with Crippen molar-refractivity contribution < 1.29 is 9.59 Å². The van der Waals surface area contributed by atoms with Gasteiger partial charge in [0.05, 0.1) is 0 Å². The fraction of sp³-hybridized carbons (Fsp3) is 0.529. The number of aryl methyl sites for hydroxylation is 1. The molecule has 3 atom stereocenters. The smallest absolute Gasteiger partial charge is 0.242 e. The summed E-state index contributed by atoms with van der Waals surface area (Å²) in [5.74, 6) is 0.527. The standard InChI is InChI=1S/C17H20N2O2/c20-15-6-5-14(19-15)16(21)18-10-12-9-17(12)8-7-11-3-1-2-4-13(11)17/h1-4,12,14H,5-10H2,(H,18,21)(H,19,20)/t12-,14+,17-/m0/s1. The van der Waals surface area contributed by atoms with Crippen LogP contribution in [0.15, 0.2) is 24.3 Å². The highest BCUT2D eigenvalue weighted by Crippen LogP contribution is 2.61. The van der Waals surface area contributed by atoms with E-state index >= 15 is 0 Å². The number of hydrogen-bond donors (Lipinski definition) is 2. The molecule has 1 saturated heterocycles. The van der Waals surface area contributed by atoms with Gasteiger partial charge in [0.25, 0.3) is 0 Å². The van der Waals surface area contributed by atoms with Crippen LogP contribution in [0.25, 0.3) is 0 Å². The van der Waals surface area contributed by atoms with E-state index in [1.54, 1.807) is 0 Å². The van der Waals surface area contributed by atoms with Gasteiger partial charge in [0.1, 0.15) is 6.04 Å². The van der Waals surface area contributed by atoms with Crippen LogP contribution in [0, 0.1) is 5.92 Å². The molecule has 1 heterocycles. The maximum atomic E-state index is 12.0. The van der Waals surface area contributed by atoms with E-state index in [9.17, 15) is 9.59 Å². The van der Waals surface area contributed by atoms with Gasteiger partial charge < -0.3 is 10.6 Å². The predicted octanol–water partition coefficient (Wildman–Crippen LogP) is 1.29. The maximum Gasteiger partial charge on any atom is 0.242 e. The van der Waals surface area contributed by atoms with Crippen LogP contribution in [-0.2, 0) is 21.4 Å². The first-order valence-corrected chi connectivity index (χ1v) is 7.84. The fourth-order valence-corrected chi connectivity index (χ4v) is 4.16. The quantitative estimate of drug-likeness (QED) is 0.878. The molecule has 2 fully saturated rings. The first kappa shape index (κ1) is 12.9. The number of benzene rings is 1. The van der Waals surface area contributed by atoms with Crippen LogP contribution in [0.1, 0.15) is 36.8 Å². The summed E-state index contributed by atoms with van der Waals surface area (Å²) in [5, 5.41) is 5.76. The number of hydrogen-bond acceptors (Lipinski definition) is 2. The summed E-state index contributed by atoms with van der Waals surface area (Å²) >= 11 is 0. The van der Waals surface area contributed by atoms with E-state index < -0.39 is 0 Å². The van der Waals surface area contributed by atoms with Crippen molar-refractivity contribution in [3.63, 3.8) is 0 Å². The highest BCUT2D eigenvalue weighted by molar-refractivity contribution is 5.90. The Hall–Kier alpha value is -1.84. The van der Waals surface area contributed by atoms with Gasteiger partial charge in [-0.15, -0.1) is 0 Å². The summed E-state index contributed by atoms with van der Waals surface area (Å²) in [6.07, 6.45) is 4.66. The van der Waals surface area contributed by atoms with Crippen molar-refractivity contribution in [3.8, 4) is 0 Å². The molecule has 0 unspecified atom stereocenters. The maximum absolute atomic E-state index is 12.0. The molecule has 2 aliphatic carbocycles. The van der Waals surface area contributed by atoms with Crippen molar-refractivity contribution in [2.75, 3.05) is 6.54 Å². The third-order valence-electron chi connectivity index (χ3n) is 5.46. The number of rotatable bonds is 3. The zero-order chi connectivity index (χ0) is 14.4. The van der Waals surface area contributed by atoms with Crippen LogP contribution in [-0.4, -0.2) is 24.4 Å². The van der Waals surface area contributed by atoms with Gasteiger partial charge in [-0.1, -0.05) is 24.3 Å². The summed E-state index contributed by atoms with van der Waals surface area (Å²) in [7, 11) is 0. The largest absolute Gasteiger partial charge is 0.354 e. The summed E-state index contributed by atoms with van der Waals surface area (Å²) in [5.41, 5.74) is 3.30. The average Bonchev–Trinajstić information content (AvgIpc) is 2.81. The molecule has 1 aromatic carbocycles. The molecule has 0 radical (unpaired) electrons. The molecule has 1 aliphatic heterocycles. The van der Waals surface area contributed by atoms with Crippen LogP contribution in [0.2, 0.25) is 0 Å². The summed E-state index contributed by atoms with van der Waals surface area (Å²) in [6, 6.07) is 8.39. The molecular formula is C17H20N2O2.